The summed E-state index contributed by atoms with van der Waals surface area (Å²) in [4.78, 5) is 0. The van der Waals surface area contributed by atoms with Gasteiger partial charge >= 0.3 is 6.18 Å². The van der Waals surface area contributed by atoms with E-state index in [-0.39, 0.29) is 12.5 Å². The van der Waals surface area contributed by atoms with E-state index in [1.807, 2.05) is 25.6 Å². The molecule has 0 saturated carbocycles. The van der Waals surface area contributed by atoms with Gasteiger partial charge in [0.25, 0.3) is 0 Å². The first-order chi connectivity index (χ1) is 9.74. The molecule has 1 unspecified atom stereocenters. The Hall–Kier alpha value is -1.04. The SMILES string of the molecule is CCCNC(CCCC(F)(F)F)Cc1c(C)nn(C)c1C. The molecule has 0 saturated heterocycles. The highest BCUT2D eigenvalue weighted by Crippen LogP contribution is 2.24. The normalized spacial score (nSPS) is 13.7. The molecule has 1 aromatic heterocycles. The summed E-state index contributed by atoms with van der Waals surface area (Å²) in [7, 11) is 1.89. The van der Waals surface area contributed by atoms with Crippen molar-refractivity contribution in [3.05, 3.63) is 17.0 Å². The fourth-order valence-corrected chi connectivity index (χ4v) is 2.53. The van der Waals surface area contributed by atoms with Gasteiger partial charge in [-0.05, 0) is 51.6 Å². The van der Waals surface area contributed by atoms with Gasteiger partial charge < -0.3 is 5.32 Å². The molecular formula is C15H26F3N3. The second-order valence-electron chi connectivity index (χ2n) is 5.64. The lowest BCUT2D eigenvalue weighted by molar-refractivity contribution is -0.135. The van der Waals surface area contributed by atoms with Gasteiger partial charge in [-0.3, -0.25) is 4.68 Å². The molecule has 0 aliphatic carbocycles. The van der Waals surface area contributed by atoms with Crippen molar-refractivity contribution in [3.8, 4) is 0 Å². The summed E-state index contributed by atoms with van der Waals surface area (Å²) in [5.41, 5.74) is 3.21. The largest absolute Gasteiger partial charge is 0.389 e. The Morgan fingerprint density at radius 3 is 2.43 bits per heavy atom. The second-order valence-corrected chi connectivity index (χ2v) is 5.64. The fraction of sp³-hybridized carbons (Fsp3) is 0.800. The van der Waals surface area contributed by atoms with E-state index in [4.69, 9.17) is 0 Å². The van der Waals surface area contributed by atoms with Crippen LogP contribution in [0, 0.1) is 13.8 Å². The first-order valence-corrected chi connectivity index (χ1v) is 7.53. The molecule has 1 heterocycles. The summed E-state index contributed by atoms with van der Waals surface area (Å²) < 4.78 is 38.7. The lowest BCUT2D eigenvalue weighted by Gasteiger charge is -2.19. The highest BCUT2D eigenvalue weighted by molar-refractivity contribution is 5.25. The second kappa shape index (κ2) is 7.82. The van der Waals surface area contributed by atoms with Crippen molar-refractivity contribution in [3.63, 3.8) is 0 Å². The number of halogens is 3. The molecule has 0 aromatic carbocycles. The van der Waals surface area contributed by atoms with Crippen LogP contribution >= 0.6 is 0 Å². The molecule has 0 radical (unpaired) electrons. The van der Waals surface area contributed by atoms with Crippen molar-refractivity contribution >= 4 is 0 Å². The van der Waals surface area contributed by atoms with Crippen LogP contribution in [0.25, 0.3) is 0 Å². The van der Waals surface area contributed by atoms with Gasteiger partial charge in [-0.25, -0.2) is 0 Å². The molecule has 0 aliphatic rings. The number of alkyl halides is 3. The van der Waals surface area contributed by atoms with Crippen LogP contribution in [0.1, 0.15) is 49.6 Å². The van der Waals surface area contributed by atoms with Gasteiger partial charge in [0.15, 0.2) is 0 Å². The van der Waals surface area contributed by atoms with E-state index in [1.165, 1.54) is 0 Å². The molecule has 0 fully saturated rings. The van der Waals surface area contributed by atoms with Crippen LogP contribution < -0.4 is 5.32 Å². The summed E-state index contributed by atoms with van der Waals surface area (Å²) >= 11 is 0. The average Bonchev–Trinajstić information content (AvgIpc) is 2.60. The highest BCUT2D eigenvalue weighted by atomic mass is 19.4. The Bertz CT molecular complexity index is 438. The molecule has 6 heteroatoms. The molecule has 1 N–H and O–H groups in total. The van der Waals surface area contributed by atoms with Gasteiger partial charge in [0.05, 0.1) is 5.69 Å². The van der Waals surface area contributed by atoms with Crippen LogP contribution in [-0.4, -0.2) is 28.5 Å². The number of hydrogen-bond donors (Lipinski definition) is 1. The Balaban J connectivity index is 2.64. The van der Waals surface area contributed by atoms with Gasteiger partial charge in [-0.1, -0.05) is 6.92 Å². The Morgan fingerprint density at radius 2 is 1.95 bits per heavy atom. The summed E-state index contributed by atoms with van der Waals surface area (Å²) in [5.74, 6) is 0. The van der Waals surface area contributed by atoms with Gasteiger partial charge in [0.1, 0.15) is 0 Å². The number of aromatic nitrogens is 2. The summed E-state index contributed by atoms with van der Waals surface area (Å²) in [6.07, 6.45) is -2.35. The van der Waals surface area contributed by atoms with E-state index in [1.54, 1.807) is 0 Å². The van der Waals surface area contributed by atoms with Crippen molar-refractivity contribution in [2.75, 3.05) is 6.54 Å². The topological polar surface area (TPSA) is 29.9 Å². The van der Waals surface area contributed by atoms with Crippen LogP contribution in [0.5, 0.6) is 0 Å². The van der Waals surface area contributed by atoms with E-state index in [0.717, 1.165) is 36.3 Å². The minimum atomic E-state index is -4.06. The monoisotopic (exact) mass is 305 g/mol. The maximum Gasteiger partial charge on any atom is 0.389 e. The minimum absolute atomic E-state index is 0.0777. The molecule has 3 nitrogen and oxygen atoms in total. The van der Waals surface area contributed by atoms with Crippen molar-refractivity contribution in [2.24, 2.45) is 7.05 Å². The van der Waals surface area contributed by atoms with E-state index in [0.29, 0.717) is 6.42 Å². The third-order valence-corrected chi connectivity index (χ3v) is 3.81. The standard InChI is InChI=1S/C15H26F3N3/c1-5-9-19-13(7-6-8-15(16,17)18)10-14-11(2)20-21(4)12(14)3/h13,19H,5-10H2,1-4H3. The molecule has 122 valence electrons. The fourth-order valence-electron chi connectivity index (χ4n) is 2.53. The molecule has 0 aliphatic heterocycles. The number of nitrogens with zero attached hydrogens (tertiary/aromatic N) is 2. The molecule has 21 heavy (non-hydrogen) atoms. The van der Waals surface area contributed by atoms with E-state index >= 15 is 0 Å². The quantitative estimate of drug-likeness (QED) is 0.794. The van der Waals surface area contributed by atoms with Crippen LogP contribution in [0.3, 0.4) is 0 Å². The molecule has 1 rings (SSSR count). The Morgan fingerprint density at radius 1 is 1.29 bits per heavy atom. The van der Waals surface area contributed by atoms with Gasteiger partial charge in [0.2, 0.25) is 0 Å². The number of rotatable bonds is 8. The van der Waals surface area contributed by atoms with E-state index < -0.39 is 12.6 Å². The zero-order valence-corrected chi connectivity index (χ0v) is 13.3. The number of nitrogens with one attached hydrogen (secondary N) is 1. The first-order valence-electron chi connectivity index (χ1n) is 7.53. The van der Waals surface area contributed by atoms with Crippen LogP contribution in [-0.2, 0) is 13.5 Å². The van der Waals surface area contributed by atoms with Crippen molar-refractivity contribution in [1.82, 2.24) is 15.1 Å². The van der Waals surface area contributed by atoms with Crippen molar-refractivity contribution < 1.29 is 13.2 Å². The van der Waals surface area contributed by atoms with E-state index in [2.05, 4.69) is 17.3 Å². The average molecular weight is 305 g/mol. The van der Waals surface area contributed by atoms with Crippen molar-refractivity contribution in [1.29, 1.82) is 0 Å². The molecule has 1 aromatic rings. The highest BCUT2D eigenvalue weighted by Gasteiger charge is 2.27. The third kappa shape index (κ3) is 6.08. The predicted molar refractivity (Wildman–Crippen MR) is 78.4 cm³/mol. The smallest absolute Gasteiger partial charge is 0.314 e. The summed E-state index contributed by atoms with van der Waals surface area (Å²) in [6, 6.07) is 0.0777. The first kappa shape index (κ1) is 18.0. The van der Waals surface area contributed by atoms with Crippen LogP contribution in [0.4, 0.5) is 13.2 Å². The van der Waals surface area contributed by atoms with Crippen LogP contribution in [0.2, 0.25) is 0 Å². The lowest BCUT2D eigenvalue weighted by Crippen LogP contribution is -2.32. The van der Waals surface area contributed by atoms with Gasteiger partial charge in [-0.15, -0.1) is 0 Å². The molecular weight excluding hydrogens is 279 g/mol. The maximum absolute atomic E-state index is 12.3. The third-order valence-electron chi connectivity index (χ3n) is 3.81. The summed E-state index contributed by atoms with van der Waals surface area (Å²) in [6.45, 7) is 6.84. The van der Waals surface area contributed by atoms with Gasteiger partial charge in [-0.2, -0.15) is 18.3 Å². The lowest BCUT2D eigenvalue weighted by atomic mass is 9.99. The minimum Gasteiger partial charge on any atom is -0.314 e. The molecule has 1 atom stereocenters. The van der Waals surface area contributed by atoms with E-state index in [9.17, 15) is 13.2 Å². The van der Waals surface area contributed by atoms with Gasteiger partial charge in [0, 0.05) is 25.2 Å². The van der Waals surface area contributed by atoms with Crippen molar-refractivity contribution in [2.45, 2.75) is 65.1 Å². The van der Waals surface area contributed by atoms with Crippen LogP contribution in [0.15, 0.2) is 0 Å². The molecule has 0 bridgehead atoms. The molecule has 0 spiro atoms. The molecule has 0 amide bonds. The maximum atomic E-state index is 12.3. The Labute approximate surface area is 124 Å². The predicted octanol–water partition coefficient (Wildman–Crippen LogP) is 3.68. The number of aryl methyl sites for hydroxylation is 2. The summed E-state index contributed by atoms with van der Waals surface area (Å²) in [5, 5.41) is 7.74. The Kier molecular flexibility index (Phi) is 6.71. The zero-order chi connectivity index (χ0) is 16.0. The zero-order valence-electron chi connectivity index (χ0n) is 13.3. The number of hydrogen-bond acceptors (Lipinski definition) is 2.